The Hall–Kier alpha value is -7.06. The van der Waals surface area contributed by atoms with Gasteiger partial charge in [0.25, 0.3) is 29.2 Å². The van der Waals surface area contributed by atoms with Crippen LogP contribution in [0.15, 0.2) is 53.4 Å². The number of carbonyl (C=O) groups is 8. The van der Waals surface area contributed by atoms with Gasteiger partial charge in [-0.1, -0.05) is 6.92 Å². The number of pyridine rings is 2. The van der Waals surface area contributed by atoms with Crippen LogP contribution < -0.4 is 20.9 Å². The molecule has 0 radical (unpaired) electrons. The molecular formula is C42H44N8O12. The molecule has 7 rings (SSSR count). The van der Waals surface area contributed by atoms with Crippen LogP contribution in [-0.4, -0.2) is 135 Å². The molecule has 0 saturated carbocycles. The number of nitrogens with one attached hydrogen (secondary N) is 2. The van der Waals surface area contributed by atoms with Crippen LogP contribution in [0.2, 0.25) is 0 Å². The maximum absolute atomic E-state index is 13.6. The molecule has 3 N–H and O–H groups in total. The first-order chi connectivity index (χ1) is 29.6. The summed E-state index contributed by atoms with van der Waals surface area (Å²) < 4.78 is 12.4. The topological polar surface area (TPSA) is 247 Å². The van der Waals surface area contributed by atoms with Crippen LogP contribution in [0.25, 0.3) is 22.3 Å². The lowest BCUT2D eigenvalue weighted by atomic mass is 9.86. The molecule has 0 aliphatic carbocycles. The average molecular weight is 853 g/mol. The Morgan fingerprint density at radius 1 is 0.887 bits per heavy atom. The summed E-state index contributed by atoms with van der Waals surface area (Å²) in [7, 11) is 3.70. The van der Waals surface area contributed by atoms with E-state index in [2.05, 4.69) is 10.6 Å². The fourth-order valence-corrected chi connectivity index (χ4v) is 7.74. The number of aromatic nitrogens is 2. The van der Waals surface area contributed by atoms with Crippen molar-refractivity contribution in [3.05, 3.63) is 81.2 Å². The van der Waals surface area contributed by atoms with Crippen molar-refractivity contribution in [1.82, 2.24) is 39.8 Å². The second-order valence-electron chi connectivity index (χ2n) is 15.3. The van der Waals surface area contributed by atoms with Gasteiger partial charge < -0.3 is 39.6 Å². The van der Waals surface area contributed by atoms with E-state index in [4.69, 9.17) is 14.5 Å². The molecule has 324 valence electrons. The van der Waals surface area contributed by atoms with Gasteiger partial charge in [0, 0.05) is 105 Å². The largest absolute Gasteiger partial charge is 0.458 e. The van der Waals surface area contributed by atoms with Gasteiger partial charge in [-0.3, -0.25) is 43.4 Å². The lowest BCUT2D eigenvalue weighted by Crippen LogP contribution is -2.45. The molecule has 20 heteroatoms. The second kappa shape index (κ2) is 17.5. The van der Waals surface area contributed by atoms with Crippen LogP contribution in [-0.2, 0) is 63.6 Å². The van der Waals surface area contributed by atoms with Gasteiger partial charge in [-0.2, -0.15) is 0 Å². The summed E-state index contributed by atoms with van der Waals surface area (Å²) in [4.78, 5) is 123. The van der Waals surface area contributed by atoms with Crippen molar-refractivity contribution in [2.45, 2.75) is 51.5 Å². The van der Waals surface area contributed by atoms with Crippen LogP contribution in [0.3, 0.4) is 0 Å². The van der Waals surface area contributed by atoms with Crippen molar-refractivity contribution >= 4 is 58.4 Å². The molecule has 4 aliphatic heterocycles. The van der Waals surface area contributed by atoms with E-state index in [1.54, 1.807) is 25.1 Å². The summed E-state index contributed by atoms with van der Waals surface area (Å²) >= 11 is 0. The van der Waals surface area contributed by atoms with Crippen molar-refractivity contribution < 1.29 is 52.9 Å². The van der Waals surface area contributed by atoms with Crippen LogP contribution in [0.1, 0.15) is 48.4 Å². The predicted molar refractivity (Wildman–Crippen MR) is 216 cm³/mol. The number of nitrogens with zero attached hydrogens (tertiary/aromatic N) is 6. The SMILES string of the molecule is CC[C@@]1(O)C(=O)OCc2c1cc1n(c2=O)Cc2cc3c(CN(C)C)c(OC(=O)NCCNC(=O)CCC(=O)N(CCN4C(=O)C=CC4=O)CCN4C(=O)C=CC4=O)ccc3nc2-1. The fourth-order valence-electron chi connectivity index (χ4n) is 7.74. The van der Waals surface area contributed by atoms with E-state index >= 15 is 0 Å². The number of hydrogen-bond acceptors (Lipinski definition) is 14. The van der Waals surface area contributed by atoms with Crippen LogP contribution >= 0.6 is 0 Å². The summed E-state index contributed by atoms with van der Waals surface area (Å²) in [5, 5.41) is 17.1. The van der Waals surface area contributed by atoms with Gasteiger partial charge in [0.15, 0.2) is 5.60 Å². The van der Waals surface area contributed by atoms with E-state index < -0.39 is 53.1 Å². The van der Waals surface area contributed by atoms with Gasteiger partial charge in [-0.15, -0.1) is 0 Å². The maximum atomic E-state index is 13.6. The molecular weight excluding hydrogens is 809 g/mol. The van der Waals surface area contributed by atoms with Crippen molar-refractivity contribution in [1.29, 1.82) is 0 Å². The number of fused-ring (bicyclic) bond motifs is 5. The second-order valence-corrected chi connectivity index (χ2v) is 15.3. The Kier molecular flexibility index (Phi) is 12.2. The zero-order valence-electron chi connectivity index (χ0n) is 34.2. The monoisotopic (exact) mass is 852 g/mol. The molecule has 0 bridgehead atoms. The fraction of sp³-hybridized carbons (Fsp3) is 0.381. The number of amides is 7. The highest BCUT2D eigenvalue weighted by molar-refractivity contribution is 6.13. The Labute approximate surface area is 353 Å². The highest BCUT2D eigenvalue weighted by Gasteiger charge is 2.45. The number of carbonyl (C=O) groups excluding carboxylic acids is 8. The molecule has 0 saturated heterocycles. The third kappa shape index (κ3) is 8.46. The molecule has 2 aromatic heterocycles. The summed E-state index contributed by atoms with van der Waals surface area (Å²) in [6.07, 6.45) is 3.21. The Morgan fingerprint density at radius 2 is 1.52 bits per heavy atom. The zero-order chi connectivity index (χ0) is 44.5. The molecule has 3 aromatic rings. The molecule has 0 unspecified atom stereocenters. The van der Waals surface area contributed by atoms with Crippen LogP contribution in [0.4, 0.5) is 4.79 Å². The van der Waals surface area contributed by atoms with Gasteiger partial charge in [0.05, 0.1) is 29.0 Å². The van der Waals surface area contributed by atoms with Crippen LogP contribution in [0, 0.1) is 0 Å². The molecule has 7 amide bonds. The number of benzene rings is 1. The molecule has 1 atom stereocenters. The summed E-state index contributed by atoms with van der Waals surface area (Å²) in [6.45, 7) is 1.52. The first kappa shape index (κ1) is 43.0. The highest BCUT2D eigenvalue weighted by Crippen LogP contribution is 2.40. The zero-order valence-corrected chi connectivity index (χ0v) is 34.2. The van der Waals surface area contributed by atoms with Gasteiger partial charge in [0.1, 0.15) is 12.4 Å². The standard InChI is InChI=1S/C42H44N8O12/c1-4-42(60)28-20-30-38-24(21-50(30)39(57)27(28)23-61-40(42)58)19-25-26(22-46(2)3)31(6-5-29(25)45-38)62-41(59)44-14-13-43-32(51)7-8-33(52)47(15-17-48-34(53)9-10-35(48)54)16-18-49-36(55)11-12-37(49)56/h5-6,9-12,19-20,60H,4,7-8,13-18,21-23H2,1-3H3,(H,43,51)(H,44,59)/t42-/m0/s1. The normalized spacial score (nSPS) is 17.5. The first-order valence-corrected chi connectivity index (χ1v) is 19.9. The van der Waals surface area contributed by atoms with Crippen molar-refractivity contribution in [3.8, 4) is 17.1 Å². The van der Waals surface area contributed by atoms with Crippen molar-refractivity contribution in [3.63, 3.8) is 0 Å². The highest BCUT2D eigenvalue weighted by atomic mass is 16.6. The molecule has 1 aromatic carbocycles. The molecule has 20 nitrogen and oxygen atoms in total. The Bertz CT molecular complexity index is 2480. The lowest BCUT2D eigenvalue weighted by Gasteiger charge is -2.31. The van der Waals surface area contributed by atoms with E-state index in [0.717, 1.165) is 39.7 Å². The van der Waals surface area contributed by atoms with E-state index in [-0.39, 0.29) is 94.1 Å². The van der Waals surface area contributed by atoms with E-state index in [1.807, 2.05) is 25.1 Å². The quantitative estimate of drug-likeness (QED) is 0.0752. The number of esters is 1. The number of imide groups is 2. The van der Waals surface area contributed by atoms with Gasteiger partial charge in [-0.25, -0.2) is 14.6 Å². The smallest absolute Gasteiger partial charge is 0.412 e. The Morgan fingerprint density at radius 3 is 2.13 bits per heavy atom. The first-order valence-electron chi connectivity index (χ1n) is 19.9. The third-order valence-electron chi connectivity index (χ3n) is 11.1. The number of ether oxygens (including phenoxy) is 2. The number of aliphatic hydroxyl groups is 1. The maximum Gasteiger partial charge on any atom is 0.412 e. The third-order valence-corrected chi connectivity index (χ3v) is 11.1. The summed E-state index contributed by atoms with van der Waals surface area (Å²) in [5.41, 5.74) is 1.01. The van der Waals surface area contributed by atoms with Crippen molar-refractivity contribution in [2.75, 3.05) is 53.4 Å². The molecule has 62 heavy (non-hydrogen) atoms. The van der Waals surface area contributed by atoms with E-state index in [9.17, 15) is 48.3 Å². The van der Waals surface area contributed by atoms with Crippen LogP contribution in [0.5, 0.6) is 5.75 Å². The molecule has 4 aliphatic rings. The average Bonchev–Trinajstić information content (AvgIpc) is 3.89. The number of cyclic esters (lactones) is 1. The number of rotatable bonds is 16. The van der Waals surface area contributed by atoms with Crippen molar-refractivity contribution in [2.24, 2.45) is 0 Å². The lowest BCUT2D eigenvalue weighted by molar-refractivity contribution is -0.172. The molecule has 0 spiro atoms. The van der Waals surface area contributed by atoms with E-state index in [1.165, 1.54) is 9.47 Å². The van der Waals surface area contributed by atoms with Gasteiger partial charge in [0.2, 0.25) is 11.8 Å². The number of hydrogen-bond donors (Lipinski definition) is 3. The minimum Gasteiger partial charge on any atom is -0.458 e. The summed E-state index contributed by atoms with van der Waals surface area (Å²) in [6, 6.07) is 6.82. The Balaban J connectivity index is 0.948. The van der Waals surface area contributed by atoms with Gasteiger partial charge in [-0.05, 0) is 44.8 Å². The summed E-state index contributed by atoms with van der Waals surface area (Å²) in [5.74, 6) is -3.67. The van der Waals surface area contributed by atoms with E-state index in [0.29, 0.717) is 34.4 Å². The van der Waals surface area contributed by atoms with Gasteiger partial charge >= 0.3 is 12.1 Å². The minimum absolute atomic E-state index is 0.00182. The molecule has 0 fully saturated rings. The molecule has 6 heterocycles. The predicted octanol–water partition coefficient (Wildman–Crippen LogP) is -0.195. The minimum atomic E-state index is -1.95.